The lowest BCUT2D eigenvalue weighted by atomic mass is 9.88. The number of hydrogen-bond acceptors (Lipinski definition) is 4. The Balaban J connectivity index is 0.00000364. The van der Waals surface area contributed by atoms with Crippen molar-refractivity contribution in [1.29, 1.82) is 0 Å². The van der Waals surface area contributed by atoms with Crippen molar-refractivity contribution in [2.24, 2.45) is 10.9 Å². The molecule has 0 aromatic carbocycles. The molecule has 1 aliphatic carbocycles. The van der Waals surface area contributed by atoms with Gasteiger partial charge in [-0.2, -0.15) is 0 Å². The maximum Gasteiger partial charge on any atom is 0.325 e. The number of likely N-dealkylation sites (tertiary alicyclic amines) is 1. The zero-order valence-corrected chi connectivity index (χ0v) is 19.4. The number of halogens is 1. The van der Waals surface area contributed by atoms with Crippen LogP contribution in [0.5, 0.6) is 0 Å². The lowest BCUT2D eigenvalue weighted by Crippen LogP contribution is -2.47. The second-order valence-corrected chi connectivity index (χ2v) is 8.26. The molecule has 1 unspecified atom stereocenters. The predicted octanol–water partition coefficient (Wildman–Crippen LogP) is 2.29. The monoisotopic (exact) mass is 494 g/mol. The van der Waals surface area contributed by atoms with Crippen molar-refractivity contribution < 1.29 is 14.3 Å². The summed E-state index contributed by atoms with van der Waals surface area (Å²) < 4.78 is 5.28. The first-order valence-corrected chi connectivity index (χ1v) is 9.76. The molecule has 1 saturated carbocycles. The molecule has 2 aliphatic rings. The van der Waals surface area contributed by atoms with Gasteiger partial charge < -0.3 is 20.3 Å². The van der Waals surface area contributed by atoms with E-state index in [9.17, 15) is 9.59 Å². The maximum absolute atomic E-state index is 12.6. The average Bonchev–Trinajstić information content (AvgIpc) is 3.05. The molecule has 8 heteroatoms. The smallest absolute Gasteiger partial charge is 0.325 e. The highest BCUT2D eigenvalue weighted by Crippen LogP contribution is 2.26. The number of rotatable bonds is 4. The van der Waals surface area contributed by atoms with Crippen molar-refractivity contribution in [3.8, 4) is 0 Å². The molecule has 0 bridgehead atoms. The van der Waals surface area contributed by atoms with Gasteiger partial charge in [0, 0.05) is 32.1 Å². The van der Waals surface area contributed by atoms with Crippen LogP contribution in [-0.2, 0) is 14.3 Å². The normalized spacial score (nSPS) is 21.4. The molecule has 1 saturated heterocycles. The minimum Gasteiger partial charge on any atom is -0.459 e. The van der Waals surface area contributed by atoms with Gasteiger partial charge >= 0.3 is 5.97 Å². The van der Waals surface area contributed by atoms with Gasteiger partial charge in [0.15, 0.2) is 5.96 Å². The molecule has 2 fully saturated rings. The summed E-state index contributed by atoms with van der Waals surface area (Å²) in [7, 11) is 1.67. The number of hydrogen-bond donors (Lipinski definition) is 2. The molecule has 156 valence electrons. The molecule has 1 aliphatic heterocycles. The van der Waals surface area contributed by atoms with Gasteiger partial charge in [0.25, 0.3) is 0 Å². The average molecular weight is 494 g/mol. The fraction of sp³-hybridized carbons (Fsp3) is 0.842. The predicted molar refractivity (Wildman–Crippen MR) is 117 cm³/mol. The summed E-state index contributed by atoms with van der Waals surface area (Å²) in [5.74, 6) is 0.770. The van der Waals surface area contributed by atoms with E-state index >= 15 is 0 Å². The molecule has 7 nitrogen and oxygen atoms in total. The number of nitrogens with one attached hydrogen (secondary N) is 2. The van der Waals surface area contributed by atoms with Crippen LogP contribution in [0.4, 0.5) is 0 Å². The molecule has 1 atom stereocenters. The van der Waals surface area contributed by atoms with Gasteiger partial charge in [-0.1, -0.05) is 19.3 Å². The van der Waals surface area contributed by atoms with Crippen molar-refractivity contribution in [3.63, 3.8) is 0 Å². The fourth-order valence-corrected chi connectivity index (χ4v) is 3.61. The number of amides is 1. The minimum absolute atomic E-state index is 0. The van der Waals surface area contributed by atoms with Crippen LogP contribution in [-0.4, -0.2) is 61.1 Å². The van der Waals surface area contributed by atoms with E-state index in [1.165, 1.54) is 19.3 Å². The summed E-state index contributed by atoms with van der Waals surface area (Å²) in [6.07, 6.45) is 6.57. The van der Waals surface area contributed by atoms with Crippen molar-refractivity contribution >= 4 is 41.8 Å². The number of carbonyl (C=O) groups is 2. The second-order valence-electron chi connectivity index (χ2n) is 8.26. The number of guanidine groups is 1. The largest absolute Gasteiger partial charge is 0.459 e. The summed E-state index contributed by atoms with van der Waals surface area (Å²) in [6.45, 7) is 7.07. The van der Waals surface area contributed by atoms with Gasteiger partial charge in [0.05, 0.1) is 0 Å². The molecular weight excluding hydrogens is 459 g/mol. The highest BCUT2D eigenvalue weighted by molar-refractivity contribution is 14.0. The topological polar surface area (TPSA) is 83.0 Å². The summed E-state index contributed by atoms with van der Waals surface area (Å²) in [4.78, 5) is 30.6. The van der Waals surface area contributed by atoms with Gasteiger partial charge in [-0.05, 0) is 40.0 Å². The fourth-order valence-electron chi connectivity index (χ4n) is 3.61. The van der Waals surface area contributed by atoms with Crippen LogP contribution in [0, 0.1) is 5.92 Å². The minimum atomic E-state index is -0.499. The molecule has 2 N–H and O–H groups in total. The lowest BCUT2D eigenvalue weighted by Gasteiger charge is -2.26. The van der Waals surface area contributed by atoms with Gasteiger partial charge in [-0.15, -0.1) is 24.0 Å². The molecule has 2 rings (SSSR count). The van der Waals surface area contributed by atoms with Crippen molar-refractivity contribution in [3.05, 3.63) is 0 Å². The Morgan fingerprint density at radius 1 is 1.15 bits per heavy atom. The third-order valence-electron chi connectivity index (χ3n) is 4.84. The van der Waals surface area contributed by atoms with Crippen LogP contribution < -0.4 is 10.6 Å². The zero-order chi connectivity index (χ0) is 19.2. The molecule has 0 aromatic rings. The lowest BCUT2D eigenvalue weighted by molar-refractivity contribution is -0.153. The standard InChI is InChI=1S/C19H34N4O3.HI/c1-19(2,3)26-16(24)12-21-18(20-4)22-15-10-11-23(13-15)17(25)14-8-6-5-7-9-14;/h14-15H,5-13H2,1-4H3,(H2,20,21,22);1H. The number of nitrogens with zero attached hydrogens (tertiary/aromatic N) is 2. The van der Waals surface area contributed by atoms with Crippen LogP contribution in [0.1, 0.15) is 59.3 Å². The highest BCUT2D eigenvalue weighted by Gasteiger charge is 2.31. The van der Waals surface area contributed by atoms with E-state index in [2.05, 4.69) is 15.6 Å². The SMILES string of the molecule is CN=C(NCC(=O)OC(C)(C)C)NC1CCN(C(=O)C2CCCCC2)C1.I. The van der Waals surface area contributed by atoms with Gasteiger partial charge in [-0.3, -0.25) is 14.6 Å². The zero-order valence-electron chi connectivity index (χ0n) is 17.0. The Hall–Kier alpha value is -1.06. The summed E-state index contributed by atoms with van der Waals surface area (Å²) in [5.41, 5.74) is -0.499. The van der Waals surface area contributed by atoms with Crippen LogP contribution in [0.25, 0.3) is 0 Å². The van der Waals surface area contributed by atoms with Gasteiger partial charge in [-0.25, -0.2) is 0 Å². The number of aliphatic imine (C=N–C) groups is 1. The number of esters is 1. The Bertz CT molecular complexity index is 528. The molecule has 0 aromatic heterocycles. The van der Waals surface area contributed by atoms with Crippen molar-refractivity contribution in [2.45, 2.75) is 70.9 Å². The summed E-state index contributed by atoms with van der Waals surface area (Å²) >= 11 is 0. The molecule has 0 radical (unpaired) electrons. The Morgan fingerprint density at radius 3 is 2.41 bits per heavy atom. The van der Waals surface area contributed by atoms with Gasteiger partial charge in [0.2, 0.25) is 5.91 Å². The van der Waals surface area contributed by atoms with E-state index < -0.39 is 5.60 Å². The van der Waals surface area contributed by atoms with Crippen molar-refractivity contribution in [1.82, 2.24) is 15.5 Å². The van der Waals surface area contributed by atoms with Crippen LogP contribution in [0.3, 0.4) is 0 Å². The second kappa shape index (κ2) is 11.1. The maximum atomic E-state index is 12.6. The van der Waals surface area contributed by atoms with Gasteiger partial charge in [0.1, 0.15) is 12.1 Å². The molecule has 27 heavy (non-hydrogen) atoms. The number of carbonyl (C=O) groups excluding carboxylic acids is 2. The first-order valence-electron chi connectivity index (χ1n) is 9.76. The summed E-state index contributed by atoms with van der Waals surface area (Å²) in [6, 6.07) is 0.160. The van der Waals surface area contributed by atoms with E-state index in [4.69, 9.17) is 4.74 Å². The first-order chi connectivity index (χ1) is 12.3. The van der Waals surface area contributed by atoms with E-state index in [0.717, 1.165) is 25.8 Å². The van der Waals surface area contributed by atoms with Crippen LogP contribution >= 0.6 is 24.0 Å². The Morgan fingerprint density at radius 2 is 1.81 bits per heavy atom. The Kier molecular flexibility index (Phi) is 9.83. The van der Waals surface area contributed by atoms with E-state index in [1.54, 1.807) is 7.05 Å². The molecule has 0 spiro atoms. The third-order valence-corrected chi connectivity index (χ3v) is 4.84. The molecule has 1 heterocycles. The molecular formula is C19H35IN4O3. The van der Waals surface area contributed by atoms with Crippen LogP contribution in [0.2, 0.25) is 0 Å². The van der Waals surface area contributed by atoms with Crippen LogP contribution in [0.15, 0.2) is 4.99 Å². The summed E-state index contributed by atoms with van der Waals surface area (Å²) in [5, 5.41) is 6.30. The highest BCUT2D eigenvalue weighted by atomic mass is 127. The number of ether oxygens (including phenoxy) is 1. The van der Waals surface area contributed by atoms with E-state index in [0.29, 0.717) is 18.4 Å². The third kappa shape index (κ3) is 8.23. The van der Waals surface area contributed by atoms with E-state index in [-0.39, 0.29) is 48.5 Å². The quantitative estimate of drug-likeness (QED) is 0.271. The van der Waals surface area contributed by atoms with E-state index in [1.807, 2.05) is 25.7 Å². The van der Waals surface area contributed by atoms with Crippen molar-refractivity contribution in [2.75, 3.05) is 26.7 Å². The Labute approximate surface area is 180 Å². The molecule has 1 amide bonds. The first kappa shape index (κ1) is 24.0.